The fourth-order valence-electron chi connectivity index (χ4n) is 2.56. The molecule has 1 aromatic heterocycles. The first-order valence-corrected chi connectivity index (χ1v) is 9.54. The number of nitrogens with zero attached hydrogens (tertiary/aromatic N) is 3. The van der Waals surface area contributed by atoms with E-state index < -0.39 is 10.0 Å². The van der Waals surface area contributed by atoms with E-state index in [9.17, 15) is 13.2 Å². The number of benzene rings is 1. The molecule has 1 N–H and O–H groups in total. The van der Waals surface area contributed by atoms with Gasteiger partial charge in [-0.25, -0.2) is 8.42 Å². The lowest BCUT2D eigenvalue weighted by atomic mass is 10.2. The van der Waals surface area contributed by atoms with Gasteiger partial charge in [-0.05, 0) is 30.7 Å². The number of amides is 1. The van der Waals surface area contributed by atoms with Crippen molar-refractivity contribution in [2.24, 2.45) is 0 Å². The van der Waals surface area contributed by atoms with E-state index in [4.69, 9.17) is 9.26 Å². The van der Waals surface area contributed by atoms with Crippen molar-refractivity contribution in [2.75, 3.05) is 20.3 Å². The Balaban J connectivity index is 1.68. The molecule has 1 fully saturated rings. The second-order valence-electron chi connectivity index (χ2n) is 6.05. The van der Waals surface area contributed by atoms with Gasteiger partial charge in [0.05, 0.1) is 24.1 Å². The Labute approximate surface area is 151 Å². The Hall–Kier alpha value is -2.30. The molecule has 1 unspecified atom stereocenters. The highest BCUT2D eigenvalue weighted by atomic mass is 32.2. The van der Waals surface area contributed by atoms with E-state index in [1.54, 1.807) is 6.92 Å². The van der Waals surface area contributed by atoms with Crippen LogP contribution >= 0.6 is 0 Å². The molecule has 0 saturated carbocycles. The van der Waals surface area contributed by atoms with E-state index in [1.807, 2.05) is 0 Å². The van der Waals surface area contributed by atoms with E-state index in [2.05, 4.69) is 15.5 Å². The number of hydrogen-bond donors (Lipinski definition) is 1. The lowest BCUT2D eigenvalue weighted by molar-refractivity contribution is 0.0930. The Morgan fingerprint density at radius 2 is 2.08 bits per heavy atom. The number of carbonyl (C=O) groups is 1. The normalized spacial score (nSPS) is 17.6. The van der Waals surface area contributed by atoms with Crippen LogP contribution in [0.3, 0.4) is 0 Å². The molecule has 3 rings (SSSR count). The van der Waals surface area contributed by atoms with Gasteiger partial charge in [0, 0.05) is 26.1 Å². The third kappa shape index (κ3) is 4.09. The number of carbonyl (C=O) groups excluding carboxylic acids is 1. The van der Waals surface area contributed by atoms with Crippen LogP contribution < -0.4 is 5.32 Å². The van der Waals surface area contributed by atoms with Crippen molar-refractivity contribution >= 4 is 15.9 Å². The molecule has 26 heavy (non-hydrogen) atoms. The second kappa shape index (κ2) is 7.52. The molecule has 10 heteroatoms. The summed E-state index contributed by atoms with van der Waals surface area (Å²) in [6, 6.07) is 5.80. The molecule has 1 saturated heterocycles. The highest BCUT2D eigenvalue weighted by Crippen LogP contribution is 2.17. The summed E-state index contributed by atoms with van der Waals surface area (Å²) in [5, 5.41) is 6.55. The van der Waals surface area contributed by atoms with Crippen LogP contribution in [-0.4, -0.2) is 55.1 Å². The first kappa shape index (κ1) is 18.5. The van der Waals surface area contributed by atoms with Gasteiger partial charge < -0.3 is 14.6 Å². The summed E-state index contributed by atoms with van der Waals surface area (Å²) >= 11 is 0. The SMILES string of the molecule is Cc1nc(CN(C)S(=O)(=O)c2ccc(C(=O)NC3CCOC3)cc2)no1. The van der Waals surface area contributed by atoms with Crippen LogP contribution in [-0.2, 0) is 21.3 Å². The van der Waals surface area contributed by atoms with Crippen LogP contribution in [0, 0.1) is 6.92 Å². The fourth-order valence-corrected chi connectivity index (χ4v) is 3.69. The first-order valence-electron chi connectivity index (χ1n) is 8.10. The van der Waals surface area contributed by atoms with E-state index in [0.29, 0.717) is 24.7 Å². The predicted molar refractivity (Wildman–Crippen MR) is 90.8 cm³/mol. The highest BCUT2D eigenvalue weighted by molar-refractivity contribution is 7.89. The number of aryl methyl sites for hydroxylation is 1. The lowest BCUT2D eigenvalue weighted by Gasteiger charge is -2.16. The summed E-state index contributed by atoms with van der Waals surface area (Å²) in [5.74, 6) is 0.400. The smallest absolute Gasteiger partial charge is 0.251 e. The van der Waals surface area contributed by atoms with Gasteiger partial charge in [-0.15, -0.1) is 0 Å². The van der Waals surface area contributed by atoms with Crippen molar-refractivity contribution in [3.05, 3.63) is 41.5 Å². The Morgan fingerprint density at radius 1 is 1.35 bits per heavy atom. The van der Waals surface area contributed by atoms with Crippen molar-refractivity contribution < 1.29 is 22.5 Å². The van der Waals surface area contributed by atoms with Crippen molar-refractivity contribution in [3.63, 3.8) is 0 Å². The number of aromatic nitrogens is 2. The largest absolute Gasteiger partial charge is 0.379 e. The molecule has 1 atom stereocenters. The van der Waals surface area contributed by atoms with E-state index >= 15 is 0 Å². The number of hydrogen-bond acceptors (Lipinski definition) is 7. The van der Waals surface area contributed by atoms with Crippen LogP contribution in [0.4, 0.5) is 0 Å². The van der Waals surface area contributed by atoms with Crippen LogP contribution in [0.15, 0.2) is 33.7 Å². The molecular formula is C16H20N4O5S. The van der Waals surface area contributed by atoms with Crippen molar-refractivity contribution in [3.8, 4) is 0 Å². The second-order valence-corrected chi connectivity index (χ2v) is 8.09. The van der Waals surface area contributed by atoms with E-state index in [-0.39, 0.29) is 29.2 Å². The molecule has 0 bridgehead atoms. The maximum atomic E-state index is 12.6. The topological polar surface area (TPSA) is 115 Å². The lowest BCUT2D eigenvalue weighted by Crippen LogP contribution is -2.35. The monoisotopic (exact) mass is 380 g/mol. The van der Waals surface area contributed by atoms with Gasteiger partial charge in [0.2, 0.25) is 15.9 Å². The fraction of sp³-hybridized carbons (Fsp3) is 0.438. The molecule has 1 amide bonds. The summed E-state index contributed by atoms with van der Waals surface area (Å²) in [4.78, 5) is 16.3. The minimum absolute atomic E-state index is 0.00420. The predicted octanol–water partition coefficient (Wildman–Crippen LogP) is 0.717. The summed E-state index contributed by atoms with van der Waals surface area (Å²) in [5.41, 5.74) is 0.396. The van der Waals surface area contributed by atoms with Crippen LogP contribution in [0.25, 0.3) is 0 Å². The Morgan fingerprint density at radius 3 is 2.65 bits per heavy atom. The van der Waals surface area contributed by atoms with Crippen molar-refractivity contribution in [2.45, 2.75) is 30.8 Å². The summed E-state index contributed by atoms with van der Waals surface area (Å²) in [6.07, 6.45) is 0.776. The van der Waals surface area contributed by atoms with Gasteiger partial charge in [0.15, 0.2) is 5.82 Å². The Bertz CT molecular complexity index is 872. The standard InChI is InChI=1S/C16H20N4O5S/c1-11-17-15(19-25-11)9-20(2)26(22,23)14-5-3-12(4-6-14)16(21)18-13-7-8-24-10-13/h3-6,13H,7-10H2,1-2H3,(H,18,21). The van der Waals surface area contributed by atoms with Gasteiger partial charge in [0.1, 0.15) is 0 Å². The van der Waals surface area contributed by atoms with Crippen LogP contribution in [0.2, 0.25) is 0 Å². The zero-order chi connectivity index (χ0) is 18.7. The van der Waals surface area contributed by atoms with Gasteiger partial charge in [-0.1, -0.05) is 5.16 Å². The number of sulfonamides is 1. The molecular weight excluding hydrogens is 360 g/mol. The zero-order valence-corrected chi connectivity index (χ0v) is 15.3. The maximum Gasteiger partial charge on any atom is 0.251 e. The molecule has 1 aromatic carbocycles. The molecule has 0 aliphatic carbocycles. The molecule has 140 valence electrons. The van der Waals surface area contributed by atoms with Crippen molar-refractivity contribution in [1.82, 2.24) is 19.8 Å². The maximum absolute atomic E-state index is 12.6. The van der Waals surface area contributed by atoms with Crippen LogP contribution in [0.1, 0.15) is 28.5 Å². The molecule has 2 aromatic rings. The molecule has 9 nitrogen and oxygen atoms in total. The number of nitrogens with one attached hydrogen (secondary N) is 1. The Kier molecular flexibility index (Phi) is 5.35. The number of rotatable bonds is 6. The third-order valence-corrected chi connectivity index (χ3v) is 5.84. The minimum atomic E-state index is -3.73. The zero-order valence-electron chi connectivity index (χ0n) is 14.5. The van der Waals surface area contributed by atoms with E-state index in [1.165, 1.54) is 31.3 Å². The average molecular weight is 380 g/mol. The molecule has 1 aliphatic rings. The van der Waals surface area contributed by atoms with Gasteiger partial charge in [0.25, 0.3) is 5.91 Å². The molecule has 2 heterocycles. The van der Waals surface area contributed by atoms with Gasteiger partial charge in [-0.2, -0.15) is 9.29 Å². The highest BCUT2D eigenvalue weighted by Gasteiger charge is 2.23. The molecule has 1 aliphatic heterocycles. The quantitative estimate of drug-likeness (QED) is 0.785. The molecule has 0 spiro atoms. The first-order chi connectivity index (χ1) is 12.4. The number of ether oxygens (including phenoxy) is 1. The van der Waals surface area contributed by atoms with E-state index in [0.717, 1.165) is 10.7 Å². The average Bonchev–Trinajstić information content (AvgIpc) is 3.26. The van der Waals surface area contributed by atoms with Gasteiger partial charge >= 0.3 is 0 Å². The van der Waals surface area contributed by atoms with Gasteiger partial charge in [-0.3, -0.25) is 4.79 Å². The molecule has 0 radical (unpaired) electrons. The summed E-state index contributed by atoms with van der Waals surface area (Å²) in [7, 11) is -2.30. The van der Waals surface area contributed by atoms with Crippen LogP contribution in [0.5, 0.6) is 0 Å². The summed E-state index contributed by atoms with van der Waals surface area (Å²) < 4.78 is 36.4. The summed E-state index contributed by atoms with van der Waals surface area (Å²) in [6.45, 7) is 2.75. The third-order valence-electron chi connectivity index (χ3n) is 4.02. The minimum Gasteiger partial charge on any atom is -0.379 e. The van der Waals surface area contributed by atoms with Crippen molar-refractivity contribution in [1.29, 1.82) is 0 Å².